The molecule has 0 aliphatic carbocycles. The molecule has 11 nitrogen and oxygen atoms in total. The normalized spacial score (nSPS) is 11.8. The SMILES string of the molecule is COC(=O)c1cnc(Nc2ccccc2CC(Nc2c(OC(C)C)c(=O)c2=O)C(=O)OC)c2cnccc12. The van der Waals surface area contributed by atoms with Gasteiger partial charge in [-0.1, -0.05) is 18.2 Å². The molecule has 0 fully saturated rings. The number of benzene rings is 1. The van der Waals surface area contributed by atoms with Crippen molar-refractivity contribution < 1.29 is 23.8 Å². The lowest BCUT2D eigenvalue weighted by molar-refractivity contribution is -0.141. The Morgan fingerprint density at radius 3 is 2.45 bits per heavy atom. The zero-order valence-electron chi connectivity index (χ0n) is 21.2. The van der Waals surface area contributed by atoms with Crippen molar-refractivity contribution in [2.24, 2.45) is 0 Å². The first-order valence-corrected chi connectivity index (χ1v) is 11.7. The first-order chi connectivity index (χ1) is 18.2. The third kappa shape index (κ3) is 5.17. The summed E-state index contributed by atoms with van der Waals surface area (Å²) in [5.74, 6) is -0.810. The highest BCUT2D eigenvalue weighted by Gasteiger charge is 2.29. The van der Waals surface area contributed by atoms with Crippen molar-refractivity contribution in [2.75, 3.05) is 24.9 Å². The number of esters is 2. The Balaban J connectivity index is 1.66. The number of fused-ring (bicyclic) bond motifs is 1. The molecule has 2 aromatic heterocycles. The van der Waals surface area contributed by atoms with Gasteiger partial charge in [-0.3, -0.25) is 14.6 Å². The fourth-order valence-electron chi connectivity index (χ4n) is 3.99. The van der Waals surface area contributed by atoms with Gasteiger partial charge in [0, 0.05) is 41.5 Å². The molecule has 0 saturated carbocycles. The van der Waals surface area contributed by atoms with Crippen molar-refractivity contribution in [2.45, 2.75) is 32.4 Å². The van der Waals surface area contributed by atoms with Gasteiger partial charge in [0.2, 0.25) is 0 Å². The molecule has 196 valence electrons. The number of carbonyl (C=O) groups excluding carboxylic acids is 2. The minimum atomic E-state index is -0.992. The minimum Gasteiger partial charge on any atom is -0.485 e. The fourth-order valence-corrected chi connectivity index (χ4v) is 3.99. The number of aromatic nitrogens is 2. The number of para-hydroxylation sites is 1. The summed E-state index contributed by atoms with van der Waals surface area (Å²) in [5, 5.41) is 7.29. The molecule has 4 rings (SSSR count). The first-order valence-electron chi connectivity index (χ1n) is 11.7. The van der Waals surface area contributed by atoms with Gasteiger partial charge in [0.05, 0.1) is 25.9 Å². The number of hydrogen-bond donors (Lipinski definition) is 2. The number of nitrogens with zero attached hydrogens (tertiary/aromatic N) is 2. The highest BCUT2D eigenvalue weighted by molar-refractivity contribution is 6.07. The van der Waals surface area contributed by atoms with Gasteiger partial charge in [-0.15, -0.1) is 0 Å². The molecule has 0 saturated heterocycles. The molecule has 0 amide bonds. The lowest BCUT2D eigenvalue weighted by Crippen LogP contribution is -2.42. The van der Waals surface area contributed by atoms with E-state index in [1.807, 2.05) is 0 Å². The molecule has 2 aromatic carbocycles. The number of rotatable bonds is 10. The zero-order chi connectivity index (χ0) is 27.4. The van der Waals surface area contributed by atoms with E-state index in [0.29, 0.717) is 33.4 Å². The van der Waals surface area contributed by atoms with Gasteiger partial charge in [0.1, 0.15) is 17.5 Å². The summed E-state index contributed by atoms with van der Waals surface area (Å²) in [6.45, 7) is 3.46. The van der Waals surface area contributed by atoms with Crippen LogP contribution in [-0.2, 0) is 20.7 Å². The summed E-state index contributed by atoms with van der Waals surface area (Å²) in [7, 11) is 2.53. The summed E-state index contributed by atoms with van der Waals surface area (Å²) in [6.07, 6.45) is 4.34. The molecule has 0 radical (unpaired) electrons. The van der Waals surface area contributed by atoms with Gasteiger partial charge in [-0.25, -0.2) is 14.6 Å². The second kappa shape index (κ2) is 11.1. The number of methoxy groups -OCH3 is 2. The monoisotopic (exact) mass is 518 g/mol. The highest BCUT2D eigenvalue weighted by Crippen LogP contribution is 2.29. The summed E-state index contributed by atoms with van der Waals surface area (Å²) in [4.78, 5) is 57.6. The van der Waals surface area contributed by atoms with Crippen molar-refractivity contribution >= 4 is 39.9 Å². The lowest BCUT2D eigenvalue weighted by Gasteiger charge is -2.22. The molecule has 1 atom stereocenters. The molecule has 2 N–H and O–H groups in total. The fraction of sp³-hybridized carbons (Fsp3) is 0.259. The number of nitrogens with one attached hydrogen (secondary N) is 2. The predicted molar refractivity (Wildman–Crippen MR) is 141 cm³/mol. The Morgan fingerprint density at radius 1 is 0.974 bits per heavy atom. The first kappa shape index (κ1) is 26.3. The quantitative estimate of drug-likeness (QED) is 0.236. The largest absolute Gasteiger partial charge is 0.485 e. The molecule has 1 unspecified atom stereocenters. The van der Waals surface area contributed by atoms with Crippen LogP contribution in [-0.4, -0.2) is 48.3 Å². The van der Waals surface area contributed by atoms with E-state index in [1.54, 1.807) is 56.6 Å². The molecule has 11 heteroatoms. The van der Waals surface area contributed by atoms with Gasteiger partial charge in [0.15, 0.2) is 5.75 Å². The molecule has 0 aliphatic rings. The number of ether oxygens (including phenoxy) is 3. The number of hydrogen-bond acceptors (Lipinski definition) is 11. The van der Waals surface area contributed by atoms with Crippen molar-refractivity contribution in [3.8, 4) is 5.75 Å². The van der Waals surface area contributed by atoms with Crippen LogP contribution in [0, 0.1) is 0 Å². The second-order valence-corrected chi connectivity index (χ2v) is 8.67. The third-order valence-electron chi connectivity index (χ3n) is 5.81. The molecule has 0 aliphatic heterocycles. The van der Waals surface area contributed by atoms with Crippen LogP contribution in [0.5, 0.6) is 5.75 Å². The van der Waals surface area contributed by atoms with E-state index in [2.05, 4.69) is 20.6 Å². The van der Waals surface area contributed by atoms with E-state index in [1.165, 1.54) is 20.4 Å². The van der Waals surface area contributed by atoms with Gasteiger partial charge in [-0.05, 0) is 31.5 Å². The van der Waals surface area contributed by atoms with Gasteiger partial charge in [0.25, 0.3) is 10.9 Å². The van der Waals surface area contributed by atoms with E-state index in [9.17, 15) is 19.2 Å². The average molecular weight is 519 g/mol. The molecule has 0 spiro atoms. The summed E-state index contributed by atoms with van der Waals surface area (Å²) < 4.78 is 15.3. The average Bonchev–Trinajstić information content (AvgIpc) is 2.94. The smallest absolute Gasteiger partial charge is 0.340 e. The van der Waals surface area contributed by atoms with Gasteiger partial charge < -0.3 is 24.8 Å². The van der Waals surface area contributed by atoms with E-state index in [4.69, 9.17) is 14.2 Å². The summed E-state index contributed by atoms with van der Waals surface area (Å²) in [5.41, 5.74) is 0.0584. The van der Waals surface area contributed by atoms with E-state index < -0.39 is 28.8 Å². The Kier molecular flexibility index (Phi) is 7.66. The number of carbonyl (C=O) groups is 2. The Bertz CT molecular complexity index is 1570. The molecular formula is C27H26N4O7. The lowest BCUT2D eigenvalue weighted by atomic mass is 10.0. The van der Waals surface area contributed by atoms with Crippen LogP contribution < -0.4 is 26.2 Å². The van der Waals surface area contributed by atoms with Crippen LogP contribution in [0.4, 0.5) is 17.2 Å². The molecule has 4 aromatic rings. The predicted octanol–water partition coefficient (Wildman–Crippen LogP) is 2.74. The number of pyridine rings is 2. The van der Waals surface area contributed by atoms with Crippen LogP contribution >= 0.6 is 0 Å². The molecular weight excluding hydrogens is 492 g/mol. The Hall–Kier alpha value is -4.80. The van der Waals surface area contributed by atoms with Crippen molar-refractivity contribution in [3.05, 3.63) is 80.5 Å². The van der Waals surface area contributed by atoms with Crippen LogP contribution in [0.25, 0.3) is 10.8 Å². The van der Waals surface area contributed by atoms with E-state index in [-0.39, 0.29) is 24.0 Å². The van der Waals surface area contributed by atoms with Crippen LogP contribution in [0.3, 0.4) is 0 Å². The Morgan fingerprint density at radius 2 is 1.74 bits per heavy atom. The van der Waals surface area contributed by atoms with Crippen molar-refractivity contribution in [1.82, 2.24) is 9.97 Å². The third-order valence-corrected chi connectivity index (χ3v) is 5.81. The standard InChI is InChI=1S/C27H26N4O7/c1-14(2)38-24-21(22(32)23(24)33)30-20(27(35)37-4)11-15-7-5-6-8-19(15)31-25-17-12-28-10-9-16(17)18(13-29-25)26(34)36-3/h5-10,12-14,20,30H,11H2,1-4H3,(H,29,31). The molecule has 38 heavy (non-hydrogen) atoms. The second-order valence-electron chi connectivity index (χ2n) is 8.67. The Labute approximate surface area is 217 Å². The highest BCUT2D eigenvalue weighted by atomic mass is 16.5. The summed E-state index contributed by atoms with van der Waals surface area (Å²) >= 11 is 0. The van der Waals surface area contributed by atoms with Crippen LogP contribution in [0.1, 0.15) is 29.8 Å². The van der Waals surface area contributed by atoms with Gasteiger partial charge >= 0.3 is 11.9 Å². The maximum Gasteiger partial charge on any atom is 0.340 e. The minimum absolute atomic E-state index is 0.0540. The molecule has 2 heterocycles. The maximum absolute atomic E-state index is 12.7. The van der Waals surface area contributed by atoms with E-state index >= 15 is 0 Å². The van der Waals surface area contributed by atoms with Crippen molar-refractivity contribution in [1.29, 1.82) is 0 Å². The summed E-state index contributed by atoms with van der Waals surface area (Å²) in [6, 6.07) is 7.91. The van der Waals surface area contributed by atoms with Crippen LogP contribution in [0.15, 0.2) is 58.5 Å². The topological polar surface area (TPSA) is 146 Å². The van der Waals surface area contributed by atoms with E-state index in [0.717, 1.165) is 0 Å². The van der Waals surface area contributed by atoms with Crippen LogP contribution in [0.2, 0.25) is 0 Å². The maximum atomic E-state index is 12.7. The zero-order valence-corrected chi connectivity index (χ0v) is 21.2. The molecule has 0 bridgehead atoms. The van der Waals surface area contributed by atoms with Crippen molar-refractivity contribution in [3.63, 3.8) is 0 Å². The van der Waals surface area contributed by atoms with Gasteiger partial charge in [-0.2, -0.15) is 0 Å². The number of anilines is 3.